The Morgan fingerprint density at radius 1 is 1.24 bits per heavy atom. The van der Waals surface area contributed by atoms with Crippen LogP contribution in [0, 0.1) is 6.92 Å². The SMILES string of the molecule is CCOC(=O)Nc1cccc(OC(CC)C(=O)Nc2cc(C)on2)c1. The summed E-state index contributed by atoms with van der Waals surface area (Å²) >= 11 is 0. The normalized spacial score (nSPS) is 11.5. The number of carbonyl (C=O) groups is 2. The average molecular weight is 347 g/mol. The van der Waals surface area contributed by atoms with Crippen molar-refractivity contribution < 1.29 is 23.6 Å². The van der Waals surface area contributed by atoms with Crippen molar-refractivity contribution in [1.82, 2.24) is 5.16 Å². The van der Waals surface area contributed by atoms with Gasteiger partial charge in [-0.1, -0.05) is 18.1 Å². The molecule has 0 radical (unpaired) electrons. The number of aryl methyl sites for hydroxylation is 1. The van der Waals surface area contributed by atoms with Gasteiger partial charge < -0.3 is 19.3 Å². The van der Waals surface area contributed by atoms with Gasteiger partial charge in [0, 0.05) is 17.8 Å². The number of rotatable bonds is 7. The van der Waals surface area contributed by atoms with Crippen molar-refractivity contribution in [2.24, 2.45) is 0 Å². The van der Waals surface area contributed by atoms with Crippen LogP contribution in [-0.4, -0.2) is 29.9 Å². The summed E-state index contributed by atoms with van der Waals surface area (Å²) in [6.07, 6.45) is -0.807. The quantitative estimate of drug-likeness (QED) is 0.796. The number of hydrogen-bond donors (Lipinski definition) is 2. The molecule has 0 saturated carbocycles. The van der Waals surface area contributed by atoms with Gasteiger partial charge in [0.05, 0.1) is 6.61 Å². The minimum Gasteiger partial charge on any atom is -0.481 e. The second-order valence-corrected chi connectivity index (χ2v) is 5.20. The van der Waals surface area contributed by atoms with Crippen LogP contribution in [0.4, 0.5) is 16.3 Å². The van der Waals surface area contributed by atoms with Gasteiger partial charge >= 0.3 is 6.09 Å². The van der Waals surface area contributed by atoms with Gasteiger partial charge in [0.15, 0.2) is 11.9 Å². The van der Waals surface area contributed by atoms with Gasteiger partial charge in [-0.2, -0.15) is 0 Å². The van der Waals surface area contributed by atoms with E-state index in [2.05, 4.69) is 15.8 Å². The summed E-state index contributed by atoms with van der Waals surface area (Å²) in [5, 5.41) is 8.94. The number of carbonyl (C=O) groups excluding carboxylic acids is 2. The second-order valence-electron chi connectivity index (χ2n) is 5.20. The molecule has 2 N–H and O–H groups in total. The van der Waals surface area contributed by atoms with E-state index in [-0.39, 0.29) is 12.5 Å². The van der Waals surface area contributed by atoms with Crippen LogP contribution in [0.15, 0.2) is 34.9 Å². The maximum atomic E-state index is 12.3. The molecule has 8 heteroatoms. The number of hydrogen-bond acceptors (Lipinski definition) is 6. The van der Waals surface area contributed by atoms with Gasteiger partial charge in [0.25, 0.3) is 5.91 Å². The molecule has 134 valence electrons. The van der Waals surface area contributed by atoms with Crippen LogP contribution < -0.4 is 15.4 Å². The van der Waals surface area contributed by atoms with Crippen molar-refractivity contribution in [3.63, 3.8) is 0 Å². The zero-order valence-electron chi connectivity index (χ0n) is 14.4. The number of nitrogens with one attached hydrogen (secondary N) is 2. The smallest absolute Gasteiger partial charge is 0.411 e. The van der Waals surface area contributed by atoms with E-state index in [0.29, 0.717) is 29.4 Å². The molecule has 1 aromatic heterocycles. The van der Waals surface area contributed by atoms with Gasteiger partial charge in [0.1, 0.15) is 11.5 Å². The van der Waals surface area contributed by atoms with Crippen LogP contribution in [-0.2, 0) is 9.53 Å². The van der Waals surface area contributed by atoms with Crippen LogP contribution in [0.1, 0.15) is 26.0 Å². The number of nitrogens with zero attached hydrogens (tertiary/aromatic N) is 1. The highest BCUT2D eigenvalue weighted by Gasteiger charge is 2.20. The number of amides is 2. The molecule has 1 unspecified atom stereocenters. The molecule has 0 spiro atoms. The summed E-state index contributed by atoms with van der Waals surface area (Å²) in [6.45, 7) is 5.57. The lowest BCUT2D eigenvalue weighted by Crippen LogP contribution is -2.32. The topological polar surface area (TPSA) is 103 Å². The lowest BCUT2D eigenvalue weighted by Gasteiger charge is -2.17. The zero-order valence-corrected chi connectivity index (χ0v) is 14.4. The van der Waals surface area contributed by atoms with Crippen molar-refractivity contribution >= 4 is 23.5 Å². The minimum atomic E-state index is -0.713. The molecule has 0 fully saturated rings. The zero-order chi connectivity index (χ0) is 18.2. The van der Waals surface area contributed by atoms with Gasteiger partial charge in [-0.3, -0.25) is 10.1 Å². The highest BCUT2D eigenvalue weighted by molar-refractivity contribution is 5.93. The first kappa shape index (κ1) is 18.3. The molecule has 2 rings (SSSR count). The van der Waals surface area contributed by atoms with E-state index in [4.69, 9.17) is 14.0 Å². The van der Waals surface area contributed by atoms with Crippen LogP contribution in [0.25, 0.3) is 0 Å². The molecule has 0 bridgehead atoms. The molecule has 1 atom stereocenters. The maximum absolute atomic E-state index is 12.3. The standard InChI is InChI=1S/C17H21N3O5/c1-4-14(16(21)19-15-9-11(3)25-20-15)24-13-8-6-7-12(10-13)18-17(22)23-5-2/h6-10,14H,4-5H2,1-3H3,(H,18,22)(H,19,20,21). The summed E-state index contributed by atoms with van der Waals surface area (Å²) in [5.74, 6) is 1.05. The predicted molar refractivity (Wildman–Crippen MR) is 91.7 cm³/mol. The van der Waals surface area contributed by atoms with Crippen molar-refractivity contribution in [2.75, 3.05) is 17.2 Å². The number of aromatic nitrogens is 1. The van der Waals surface area contributed by atoms with Crippen LogP contribution in [0.3, 0.4) is 0 Å². The van der Waals surface area contributed by atoms with Crippen molar-refractivity contribution in [2.45, 2.75) is 33.3 Å². The lowest BCUT2D eigenvalue weighted by molar-refractivity contribution is -0.122. The van der Waals surface area contributed by atoms with Crippen molar-refractivity contribution in [1.29, 1.82) is 0 Å². The Labute approximate surface area is 145 Å². The molecule has 1 aromatic carbocycles. The Hall–Kier alpha value is -3.03. The van der Waals surface area contributed by atoms with Gasteiger partial charge in [-0.25, -0.2) is 4.79 Å². The molecule has 2 amide bonds. The third-order valence-electron chi connectivity index (χ3n) is 3.18. The largest absolute Gasteiger partial charge is 0.481 e. The Kier molecular flexibility index (Phi) is 6.39. The molecule has 0 aliphatic rings. The number of benzene rings is 1. The van der Waals surface area contributed by atoms with Crippen molar-refractivity contribution in [3.05, 3.63) is 36.1 Å². The van der Waals surface area contributed by atoms with Crippen LogP contribution >= 0.6 is 0 Å². The van der Waals surface area contributed by atoms with E-state index < -0.39 is 12.2 Å². The van der Waals surface area contributed by atoms with Crippen LogP contribution in [0.2, 0.25) is 0 Å². The molecule has 0 aliphatic carbocycles. The minimum absolute atomic E-state index is 0.279. The summed E-state index contributed by atoms with van der Waals surface area (Å²) < 4.78 is 15.5. The maximum Gasteiger partial charge on any atom is 0.411 e. The summed E-state index contributed by atoms with van der Waals surface area (Å²) in [4.78, 5) is 23.8. The lowest BCUT2D eigenvalue weighted by atomic mass is 10.2. The first-order chi connectivity index (χ1) is 12.0. The Morgan fingerprint density at radius 2 is 2.04 bits per heavy atom. The summed E-state index contributed by atoms with van der Waals surface area (Å²) in [7, 11) is 0. The molecule has 0 saturated heterocycles. The molecule has 25 heavy (non-hydrogen) atoms. The fourth-order valence-corrected chi connectivity index (χ4v) is 2.05. The van der Waals surface area contributed by atoms with Gasteiger partial charge in [0.2, 0.25) is 0 Å². The van der Waals surface area contributed by atoms with Gasteiger partial charge in [-0.05, 0) is 32.4 Å². The van der Waals surface area contributed by atoms with E-state index in [1.807, 2.05) is 6.92 Å². The monoisotopic (exact) mass is 347 g/mol. The highest BCUT2D eigenvalue weighted by Crippen LogP contribution is 2.20. The fraction of sp³-hybridized carbons (Fsp3) is 0.353. The van der Waals surface area contributed by atoms with E-state index in [1.165, 1.54) is 0 Å². The average Bonchev–Trinajstić information content (AvgIpc) is 2.98. The van der Waals surface area contributed by atoms with Crippen LogP contribution in [0.5, 0.6) is 5.75 Å². The summed E-state index contributed by atoms with van der Waals surface area (Å²) in [6, 6.07) is 8.35. The second kappa shape index (κ2) is 8.72. The molecule has 0 aliphatic heterocycles. The first-order valence-corrected chi connectivity index (χ1v) is 7.96. The molecule has 2 aromatic rings. The Balaban J connectivity index is 2.00. The third-order valence-corrected chi connectivity index (χ3v) is 3.18. The molecule has 1 heterocycles. The first-order valence-electron chi connectivity index (χ1n) is 7.96. The number of anilines is 2. The van der Waals surface area contributed by atoms with E-state index in [1.54, 1.807) is 44.2 Å². The van der Waals surface area contributed by atoms with Gasteiger partial charge in [-0.15, -0.1) is 0 Å². The highest BCUT2D eigenvalue weighted by atomic mass is 16.5. The Bertz CT molecular complexity index is 729. The van der Waals surface area contributed by atoms with Crippen molar-refractivity contribution in [3.8, 4) is 5.75 Å². The van der Waals surface area contributed by atoms with E-state index in [0.717, 1.165) is 0 Å². The molecule has 8 nitrogen and oxygen atoms in total. The van der Waals surface area contributed by atoms with E-state index in [9.17, 15) is 9.59 Å². The summed E-state index contributed by atoms with van der Waals surface area (Å²) in [5.41, 5.74) is 0.512. The Morgan fingerprint density at radius 3 is 2.68 bits per heavy atom. The third kappa shape index (κ3) is 5.52. The molecular formula is C17H21N3O5. The molecular weight excluding hydrogens is 326 g/mol. The fourth-order valence-electron chi connectivity index (χ4n) is 2.05. The number of ether oxygens (including phenoxy) is 2. The predicted octanol–water partition coefficient (Wildman–Crippen LogP) is 3.35. The van der Waals surface area contributed by atoms with E-state index >= 15 is 0 Å².